The van der Waals surface area contributed by atoms with Gasteiger partial charge in [-0.1, -0.05) is 11.6 Å². The summed E-state index contributed by atoms with van der Waals surface area (Å²) in [5.41, 5.74) is 1.69. The minimum Gasteiger partial charge on any atom is -0.226 e. The van der Waals surface area contributed by atoms with Crippen molar-refractivity contribution in [2.24, 2.45) is 0 Å². The standard InChI is InChI=1S/C12H10BrClN6/c1-2-19-17-12(16-18-19)10-7-15-20(11(10)13)9-5-3-8(14)4-6-9/h3-7H,2H2,1H3. The van der Waals surface area contributed by atoms with Gasteiger partial charge in [-0.3, -0.25) is 0 Å². The van der Waals surface area contributed by atoms with Gasteiger partial charge >= 0.3 is 0 Å². The van der Waals surface area contributed by atoms with E-state index >= 15 is 0 Å². The van der Waals surface area contributed by atoms with Crippen molar-refractivity contribution < 1.29 is 0 Å². The predicted molar refractivity (Wildman–Crippen MR) is 78.8 cm³/mol. The van der Waals surface area contributed by atoms with E-state index in [4.69, 9.17) is 11.6 Å². The van der Waals surface area contributed by atoms with Crippen LogP contribution in [0.15, 0.2) is 35.1 Å². The Hall–Kier alpha value is -1.73. The summed E-state index contributed by atoms with van der Waals surface area (Å²) < 4.78 is 2.52. The van der Waals surface area contributed by atoms with Gasteiger partial charge in [0.2, 0.25) is 5.82 Å². The summed E-state index contributed by atoms with van der Waals surface area (Å²) in [6, 6.07) is 7.41. The van der Waals surface area contributed by atoms with E-state index in [1.807, 2.05) is 31.2 Å². The first-order chi connectivity index (χ1) is 9.69. The van der Waals surface area contributed by atoms with Gasteiger partial charge in [0.05, 0.1) is 24.0 Å². The quantitative estimate of drug-likeness (QED) is 0.726. The van der Waals surface area contributed by atoms with Gasteiger partial charge in [-0.25, -0.2) is 4.68 Å². The van der Waals surface area contributed by atoms with Crippen LogP contribution in [0.5, 0.6) is 0 Å². The minimum absolute atomic E-state index is 0.541. The van der Waals surface area contributed by atoms with Gasteiger partial charge < -0.3 is 0 Å². The fourth-order valence-electron chi connectivity index (χ4n) is 1.73. The molecule has 3 rings (SSSR count). The Morgan fingerprint density at radius 3 is 2.65 bits per heavy atom. The highest BCUT2D eigenvalue weighted by Crippen LogP contribution is 2.27. The molecule has 0 aliphatic carbocycles. The van der Waals surface area contributed by atoms with Crippen LogP contribution >= 0.6 is 27.5 Å². The fourth-order valence-corrected chi connectivity index (χ4v) is 2.43. The maximum Gasteiger partial charge on any atom is 0.209 e. The second kappa shape index (κ2) is 5.34. The van der Waals surface area contributed by atoms with Crippen molar-refractivity contribution in [3.8, 4) is 17.1 Å². The van der Waals surface area contributed by atoms with E-state index in [2.05, 4.69) is 36.4 Å². The van der Waals surface area contributed by atoms with E-state index in [0.717, 1.165) is 15.9 Å². The Balaban J connectivity index is 2.02. The van der Waals surface area contributed by atoms with Crippen LogP contribution in [0, 0.1) is 0 Å². The summed E-state index contributed by atoms with van der Waals surface area (Å²) in [6.07, 6.45) is 1.70. The van der Waals surface area contributed by atoms with Gasteiger partial charge in [0.15, 0.2) is 0 Å². The van der Waals surface area contributed by atoms with Crippen molar-refractivity contribution in [1.29, 1.82) is 0 Å². The fraction of sp³-hybridized carbons (Fsp3) is 0.167. The largest absolute Gasteiger partial charge is 0.226 e. The lowest BCUT2D eigenvalue weighted by Gasteiger charge is -2.03. The number of hydrogen-bond donors (Lipinski definition) is 0. The number of hydrogen-bond acceptors (Lipinski definition) is 4. The van der Waals surface area contributed by atoms with E-state index in [0.29, 0.717) is 17.4 Å². The molecule has 0 aliphatic rings. The zero-order chi connectivity index (χ0) is 14.1. The SMILES string of the molecule is CCn1nnc(-c2cnn(-c3ccc(Cl)cc3)c2Br)n1. The van der Waals surface area contributed by atoms with Crippen LogP contribution in [0.25, 0.3) is 17.1 Å². The molecule has 102 valence electrons. The molecule has 0 bridgehead atoms. The van der Waals surface area contributed by atoms with E-state index in [1.54, 1.807) is 10.9 Å². The van der Waals surface area contributed by atoms with Gasteiger partial charge in [-0.05, 0) is 52.3 Å². The summed E-state index contributed by atoms with van der Waals surface area (Å²) in [4.78, 5) is 1.53. The lowest BCUT2D eigenvalue weighted by atomic mass is 10.3. The van der Waals surface area contributed by atoms with Crippen molar-refractivity contribution in [2.45, 2.75) is 13.5 Å². The molecule has 0 radical (unpaired) electrons. The number of tetrazole rings is 1. The molecule has 6 nitrogen and oxygen atoms in total. The van der Waals surface area contributed by atoms with Crippen molar-refractivity contribution >= 4 is 27.5 Å². The molecule has 0 unspecified atom stereocenters. The molecule has 2 heterocycles. The first kappa shape index (κ1) is 13.3. The summed E-state index contributed by atoms with van der Waals surface area (Å²) in [5, 5.41) is 17.3. The molecule has 0 amide bonds. The maximum atomic E-state index is 5.89. The summed E-state index contributed by atoms with van der Waals surface area (Å²) in [7, 11) is 0. The van der Waals surface area contributed by atoms with Crippen LogP contribution in [0.4, 0.5) is 0 Å². The van der Waals surface area contributed by atoms with Crippen LogP contribution < -0.4 is 0 Å². The number of rotatable bonds is 3. The number of aromatic nitrogens is 6. The van der Waals surface area contributed by atoms with Crippen molar-refractivity contribution in [3.63, 3.8) is 0 Å². The Morgan fingerprint density at radius 1 is 1.25 bits per heavy atom. The van der Waals surface area contributed by atoms with Gasteiger partial charge in [-0.15, -0.1) is 10.2 Å². The third-order valence-electron chi connectivity index (χ3n) is 2.76. The molecule has 0 spiro atoms. The monoisotopic (exact) mass is 352 g/mol. The zero-order valence-electron chi connectivity index (χ0n) is 10.5. The topological polar surface area (TPSA) is 61.4 Å². The van der Waals surface area contributed by atoms with Crippen LogP contribution in [0.1, 0.15) is 6.92 Å². The number of nitrogens with zero attached hydrogens (tertiary/aromatic N) is 6. The van der Waals surface area contributed by atoms with Gasteiger partial charge in [0.25, 0.3) is 0 Å². The Kier molecular flexibility index (Phi) is 3.54. The van der Waals surface area contributed by atoms with Crippen molar-refractivity contribution in [3.05, 3.63) is 40.1 Å². The van der Waals surface area contributed by atoms with E-state index in [9.17, 15) is 0 Å². The van der Waals surface area contributed by atoms with E-state index in [-0.39, 0.29) is 0 Å². The molecule has 0 aliphatic heterocycles. The molecule has 0 saturated carbocycles. The highest BCUT2D eigenvalue weighted by Gasteiger charge is 2.15. The Morgan fingerprint density at radius 2 is 2.00 bits per heavy atom. The molecular formula is C12H10BrClN6. The minimum atomic E-state index is 0.541. The first-order valence-corrected chi connectivity index (χ1v) is 7.13. The van der Waals surface area contributed by atoms with Crippen LogP contribution in [-0.2, 0) is 6.54 Å². The third-order valence-corrected chi connectivity index (χ3v) is 3.77. The second-order valence-electron chi connectivity index (χ2n) is 4.04. The van der Waals surface area contributed by atoms with Crippen LogP contribution in [0.2, 0.25) is 5.02 Å². The summed E-state index contributed by atoms with van der Waals surface area (Å²) >= 11 is 9.41. The number of aryl methyl sites for hydroxylation is 1. The molecule has 0 N–H and O–H groups in total. The molecule has 0 fully saturated rings. The summed E-state index contributed by atoms with van der Waals surface area (Å²) in [5.74, 6) is 0.541. The molecule has 0 saturated heterocycles. The van der Waals surface area contributed by atoms with E-state index < -0.39 is 0 Å². The maximum absolute atomic E-state index is 5.89. The molecular weight excluding hydrogens is 344 g/mol. The molecule has 3 aromatic rings. The Bertz CT molecular complexity index is 733. The van der Waals surface area contributed by atoms with Crippen LogP contribution in [0.3, 0.4) is 0 Å². The normalized spacial score (nSPS) is 10.9. The first-order valence-electron chi connectivity index (χ1n) is 5.96. The highest BCUT2D eigenvalue weighted by atomic mass is 79.9. The molecule has 0 atom stereocenters. The highest BCUT2D eigenvalue weighted by molar-refractivity contribution is 9.10. The smallest absolute Gasteiger partial charge is 0.209 e. The zero-order valence-corrected chi connectivity index (χ0v) is 12.9. The third kappa shape index (κ3) is 2.34. The van der Waals surface area contributed by atoms with Gasteiger partial charge in [-0.2, -0.15) is 9.90 Å². The molecule has 20 heavy (non-hydrogen) atoms. The van der Waals surface area contributed by atoms with Crippen LogP contribution in [-0.4, -0.2) is 30.0 Å². The lowest BCUT2D eigenvalue weighted by Crippen LogP contribution is -1.98. The summed E-state index contributed by atoms with van der Waals surface area (Å²) in [6.45, 7) is 2.63. The number of halogens is 2. The van der Waals surface area contributed by atoms with Gasteiger partial charge in [0.1, 0.15) is 4.60 Å². The molecule has 2 aromatic heterocycles. The molecule has 1 aromatic carbocycles. The second-order valence-corrected chi connectivity index (χ2v) is 5.23. The average molecular weight is 354 g/mol. The molecule has 8 heteroatoms. The predicted octanol–water partition coefficient (Wildman–Crippen LogP) is 2.96. The van der Waals surface area contributed by atoms with E-state index in [1.165, 1.54) is 4.80 Å². The Labute approximate surface area is 128 Å². The van der Waals surface area contributed by atoms with Crippen molar-refractivity contribution in [1.82, 2.24) is 30.0 Å². The van der Waals surface area contributed by atoms with Gasteiger partial charge in [0, 0.05) is 5.02 Å². The number of benzene rings is 1. The average Bonchev–Trinajstić information content (AvgIpc) is 3.06. The lowest BCUT2D eigenvalue weighted by molar-refractivity contribution is 0.553. The van der Waals surface area contributed by atoms with Crippen molar-refractivity contribution in [2.75, 3.05) is 0 Å².